The topological polar surface area (TPSA) is 35.9 Å². The van der Waals surface area contributed by atoms with Gasteiger partial charge in [-0.1, -0.05) is 164 Å². The molecule has 16 rings (SSSR count). The Balaban J connectivity index is 0.859. The first kappa shape index (κ1) is 63.7. The number of rotatable bonds is 14. The van der Waals surface area contributed by atoms with Gasteiger partial charge in [0.2, 0.25) is 0 Å². The molecule has 484 valence electrons. The minimum atomic E-state index is -3.02. The number of aryl methyl sites for hydroxylation is 6. The second-order valence-corrected chi connectivity index (χ2v) is 35.9. The molecule has 0 amide bonds. The Labute approximate surface area is 595 Å². The van der Waals surface area contributed by atoms with Gasteiger partial charge in [0.15, 0.2) is 0 Å². The van der Waals surface area contributed by atoms with Crippen LogP contribution >= 0.6 is 0 Å². The SMILES string of the molecule is Cc1cc(C)[c]([Bi]([c]2ccc3c(c2)c2ccc(Oc4cccc(-n5[c-][n+](-c6c(-c7cc(-c8ccccc8)cc(-c8ccccc8)c7)cccc6-c6cc(-c7ccccc7)cc(-c7ccccc7)c6)c6ccccc65)c4)cc2n3-c2cc(C(C)(C)C)ccn2)[c]2c(C)cc(C)cc2C)c(C)c1. The molecule has 0 bridgehead atoms. The Morgan fingerprint density at radius 2 is 0.860 bits per heavy atom. The van der Waals surface area contributed by atoms with Gasteiger partial charge < -0.3 is 0 Å². The zero-order chi connectivity index (χ0) is 68.3. The van der Waals surface area contributed by atoms with E-state index in [1.165, 1.54) is 47.6 Å². The Morgan fingerprint density at radius 1 is 0.380 bits per heavy atom. The fourth-order valence-corrected chi connectivity index (χ4v) is 26.3. The van der Waals surface area contributed by atoms with Crippen LogP contribution in [0.1, 0.15) is 59.7 Å². The number of benzene rings is 13. The molecule has 0 unspecified atom stereocenters. The zero-order valence-corrected chi connectivity index (χ0v) is 61.5. The van der Waals surface area contributed by atoms with Crippen LogP contribution < -0.4 is 19.1 Å². The number of hydrogen-bond acceptors (Lipinski definition) is 2. The summed E-state index contributed by atoms with van der Waals surface area (Å²) >= 11 is -3.02. The summed E-state index contributed by atoms with van der Waals surface area (Å²) in [4.78, 5) is 5.16. The van der Waals surface area contributed by atoms with Crippen LogP contribution in [0.3, 0.4) is 0 Å². The van der Waals surface area contributed by atoms with Crippen LogP contribution in [0, 0.1) is 47.9 Å². The van der Waals surface area contributed by atoms with Crippen LogP contribution in [0.2, 0.25) is 0 Å². The molecule has 0 aliphatic rings. The van der Waals surface area contributed by atoms with Crippen molar-refractivity contribution in [1.29, 1.82) is 0 Å². The molecule has 0 fully saturated rings. The van der Waals surface area contributed by atoms with Crippen LogP contribution in [-0.2, 0) is 5.41 Å². The molecule has 0 atom stereocenters. The van der Waals surface area contributed by atoms with E-state index in [-0.39, 0.29) is 5.41 Å². The van der Waals surface area contributed by atoms with Gasteiger partial charge in [0.1, 0.15) is 0 Å². The van der Waals surface area contributed by atoms with Crippen molar-refractivity contribution in [3.05, 3.63) is 349 Å². The van der Waals surface area contributed by atoms with E-state index in [9.17, 15) is 0 Å². The maximum absolute atomic E-state index is 7.15. The molecule has 0 radical (unpaired) electrons. The van der Waals surface area contributed by atoms with E-state index in [1.54, 1.807) is 6.54 Å². The van der Waals surface area contributed by atoms with Gasteiger partial charge in [0, 0.05) is 0 Å². The Kier molecular flexibility index (Phi) is 16.8. The molecule has 13 aromatic carbocycles. The second kappa shape index (κ2) is 26.3. The van der Waals surface area contributed by atoms with E-state index in [0.717, 1.165) is 117 Å². The monoisotopic (exact) mass is 1490 g/mol. The maximum atomic E-state index is 7.15. The van der Waals surface area contributed by atoms with E-state index in [4.69, 9.17) is 9.72 Å². The van der Waals surface area contributed by atoms with Crippen molar-refractivity contribution in [3.8, 4) is 95.5 Å². The molecule has 5 nitrogen and oxygen atoms in total. The average molecular weight is 1490 g/mol. The van der Waals surface area contributed by atoms with Crippen molar-refractivity contribution in [3.63, 3.8) is 0 Å². The molecule has 0 aliphatic carbocycles. The number of nitrogens with zero attached hydrogens (tertiary/aromatic N) is 4. The van der Waals surface area contributed by atoms with Crippen molar-refractivity contribution in [2.24, 2.45) is 0 Å². The Hall–Kier alpha value is -11.0. The van der Waals surface area contributed by atoms with Gasteiger partial charge in [-0.3, -0.25) is 4.57 Å². The van der Waals surface area contributed by atoms with Crippen LogP contribution in [0.25, 0.3) is 117 Å². The number of fused-ring (bicyclic) bond motifs is 4. The summed E-state index contributed by atoms with van der Waals surface area (Å²) in [5.74, 6) is 2.31. The first-order valence-electron chi connectivity index (χ1n) is 34.6. The van der Waals surface area contributed by atoms with Gasteiger partial charge in [0.25, 0.3) is 6.33 Å². The molecule has 0 saturated carbocycles. The molecular weight excluding hydrogens is 1410 g/mol. The van der Waals surface area contributed by atoms with E-state index < -0.39 is 21.8 Å². The Bertz CT molecular complexity index is 5440. The summed E-state index contributed by atoms with van der Waals surface area (Å²) in [6, 6.07) is 109. The summed E-state index contributed by atoms with van der Waals surface area (Å²) in [5.41, 5.74) is 28.9. The fraction of sp³-hybridized carbons (Fsp3) is 0.106. The van der Waals surface area contributed by atoms with Crippen molar-refractivity contribution >= 4 is 64.4 Å². The molecule has 100 heavy (non-hydrogen) atoms. The number of imidazole rings is 1. The summed E-state index contributed by atoms with van der Waals surface area (Å²) in [6.45, 7) is 20.6. The van der Waals surface area contributed by atoms with Crippen molar-refractivity contribution in [2.75, 3.05) is 0 Å². The van der Waals surface area contributed by atoms with E-state index in [2.05, 4.69) is 380 Å². The quantitative estimate of drug-likeness (QED) is 0.0618. The number of hydrogen-bond donors (Lipinski definition) is 0. The first-order chi connectivity index (χ1) is 48.6. The van der Waals surface area contributed by atoms with Crippen LogP contribution in [-0.4, -0.2) is 35.9 Å². The number of pyridine rings is 1. The van der Waals surface area contributed by atoms with Gasteiger partial charge in [0.05, 0.1) is 16.7 Å². The van der Waals surface area contributed by atoms with Crippen molar-refractivity contribution < 1.29 is 9.30 Å². The molecular formula is C94H77BiN4O. The van der Waals surface area contributed by atoms with Crippen LogP contribution in [0.15, 0.2) is 303 Å². The standard InChI is InChI=1S/C76H55N4O.2C9H11.Bi/c1-76(2,3)62-40-41-77-74(48-62)80-70-35-17-16-32-68(70)69-39-38-65(50-73(69)80)81-64-31-20-30-63(49-64)78-51-79(72-37-19-18-36-71(72)78)75-66(60-44-56(52-22-8-4-9-23-52)42-57(45-60)53-24-10-5-11-25-53)33-21-34-67(75)61-46-58(54-26-12-6-13-27-54)43-59(47-61)55-28-14-7-15-29-55;2*1-7-4-8(2)6-9(3)5-7;/h4-15,17-50H,1-3H3;2*4-5H,1-3H3;. The van der Waals surface area contributed by atoms with Crippen molar-refractivity contribution in [2.45, 2.75) is 67.7 Å². The van der Waals surface area contributed by atoms with Gasteiger partial charge >= 0.3 is 305 Å². The number of ether oxygens (including phenoxy) is 1. The van der Waals surface area contributed by atoms with Gasteiger partial charge in [-0.25, -0.2) is 0 Å². The summed E-state index contributed by atoms with van der Waals surface area (Å²) < 4.78 is 18.6. The fourth-order valence-electron chi connectivity index (χ4n) is 15.1. The Morgan fingerprint density at radius 3 is 1.38 bits per heavy atom. The normalized spacial score (nSPS) is 11.7. The summed E-state index contributed by atoms with van der Waals surface area (Å²) in [6.07, 6.45) is 5.99. The zero-order valence-electron chi connectivity index (χ0n) is 58.0. The third-order valence-electron chi connectivity index (χ3n) is 19.6. The molecule has 0 saturated heterocycles. The molecule has 0 N–H and O–H groups in total. The first-order valence-corrected chi connectivity index (χ1v) is 39.8. The molecule has 3 heterocycles. The van der Waals surface area contributed by atoms with E-state index in [0.29, 0.717) is 5.75 Å². The van der Waals surface area contributed by atoms with Crippen molar-refractivity contribution in [1.82, 2.24) is 14.1 Å². The predicted octanol–water partition coefficient (Wildman–Crippen LogP) is 21.7. The van der Waals surface area contributed by atoms with Gasteiger partial charge in [-0.15, -0.1) is 0 Å². The van der Waals surface area contributed by atoms with E-state index in [1.807, 2.05) is 6.20 Å². The second-order valence-electron chi connectivity index (χ2n) is 27.8. The molecule has 0 aliphatic heterocycles. The van der Waals surface area contributed by atoms with Gasteiger partial charge in [-0.05, 0) is 103 Å². The van der Waals surface area contributed by atoms with Crippen LogP contribution in [0.4, 0.5) is 0 Å². The average Bonchev–Trinajstić information content (AvgIpc) is 1.60. The molecule has 6 heteroatoms. The third-order valence-corrected chi connectivity index (χ3v) is 31.6. The molecule has 0 spiro atoms. The molecule has 16 aromatic rings. The number of para-hydroxylation sites is 3. The van der Waals surface area contributed by atoms with E-state index >= 15 is 0 Å². The third kappa shape index (κ3) is 12.2. The summed E-state index contributed by atoms with van der Waals surface area (Å²) in [5, 5.41) is 2.37. The molecule has 3 aromatic heterocycles. The summed E-state index contributed by atoms with van der Waals surface area (Å²) in [7, 11) is 0. The van der Waals surface area contributed by atoms with Gasteiger partial charge in [-0.2, -0.15) is 0 Å². The number of aromatic nitrogens is 4. The van der Waals surface area contributed by atoms with Crippen LogP contribution in [0.5, 0.6) is 11.5 Å². The minimum absolute atomic E-state index is 0.0898. The predicted molar refractivity (Wildman–Crippen MR) is 420 cm³/mol.